The number of phenols is 1. The summed E-state index contributed by atoms with van der Waals surface area (Å²) in [4.78, 5) is 10.7. The monoisotopic (exact) mass is 304 g/mol. The summed E-state index contributed by atoms with van der Waals surface area (Å²) in [5.41, 5.74) is 0.300. The molecule has 0 saturated heterocycles. The van der Waals surface area contributed by atoms with Crippen molar-refractivity contribution < 1.29 is 24.9 Å². The van der Waals surface area contributed by atoms with Crippen LogP contribution >= 0.6 is 15.9 Å². The van der Waals surface area contributed by atoms with E-state index in [0.717, 1.165) is 0 Å². The van der Waals surface area contributed by atoms with Crippen LogP contribution in [0.3, 0.4) is 0 Å². The summed E-state index contributed by atoms with van der Waals surface area (Å²) < 4.78 is 4.88. The number of phenolic OH excluding ortho intramolecular Hbond substituents is 1. The Morgan fingerprint density at radius 3 is 2.59 bits per heavy atom. The maximum absolute atomic E-state index is 10.7. The first kappa shape index (κ1) is 14.0. The number of aromatic hydroxyl groups is 1. The van der Waals surface area contributed by atoms with Gasteiger partial charge in [0.2, 0.25) is 0 Å². The summed E-state index contributed by atoms with van der Waals surface area (Å²) in [7, 11) is 1.33. The number of benzene rings is 1. The lowest BCUT2D eigenvalue weighted by Crippen LogP contribution is -2.19. The summed E-state index contributed by atoms with van der Waals surface area (Å²) in [6.07, 6.45) is -1.72. The minimum Gasteiger partial charge on any atom is -0.504 e. The Morgan fingerprint density at radius 1 is 1.47 bits per heavy atom. The van der Waals surface area contributed by atoms with Crippen molar-refractivity contribution >= 4 is 22.2 Å². The van der Waals surface area contributed by atoms with E-state index in [1.807, 2.05) is 0 Å². The smallest absolute Gasteiger partial charge is 0.168 e. The van der Waals surface area contributed by atoms with Gasteiger partial charge in [-0.3, -0.25) is 4.79 Å². The lowest BCUT2D eigenvalue weighted by atomic mass is 10.0. The third-order valence-electron chi connectivity index (χ3n) is 2.34. The van der Waals surface area contributed by atoms with E-state index in [1.165, 1.54) is 19.2 Å². The van der Waals surface area contributed by atoms with Crippen molar-refractivity contribution in [3.8, 4) is 11.5 Å². The van der Waals surface area contributed by atoms with Crippen LogP contribution in [0.1, 0.15) is 22.0 Å². The molecule has 2 unspecified atom stereocenters. The Morgan fingerprint density at radius 2 is 2.12 bits per heavy atom. The van der Waals surface area contributed by atoms with Gasteiger partial charge < -0.3 is 20.1 Å². The summed E-state index contributed by atoms with van der Waals surface area (Å²) in [6.45, 7) is 0. The van der Waals surface area contributed by atoms with Gasteiger partial charge in [0, 0.05) is 5.33 Å². The van der Waals surface area contributed by atoms with Crippen molar-refractivity contribution in [3.05, 3.63) is 23.3 Å². The topological polar surface area (TPSA) is 87.0 Å². The molecule has 0 fully saturated rings. The highest BCUT2D eigenvalue weighted by Crippen LogP contribution is 2.33. The number of hydrogen-bond donors (Lipinski definition) is 3. The van der Waals surface area contributed by atoms with E-state index >= 15 is 0 Å². The first-order valence-electron chi connectivity index (χ1n) is 4.83. The molecule has 1 aromatic rings. The first-order valence-corrected chi connectivity index (χ1v) is 5.95. The van der Waals surface area contributed by atoms with E-state index in [-0.39, 0.29) is 22.4 Å². The van der Waals surface area contributed by atoms with Crippen molar-refractivity contribution in [1.82, 2.24) is 0 Å². The number of aliphatic hydroxyl groups is 2. The highest BCUT2D eigenvalue weighted by Gasteiger charge is 2.20. The zero-order valence-corrected chi connectivity index (χ0v) is 10.7. The minimum atomic E-state index is -1.16. The fourth-order valence-corrected chi connectivity index (χ4v) is 1.73. The number of aldehydes is 1. The van der Waals surface area contributed by atoms with Crippen LogP contribution in [-0.2, 0) is 0 Å². The number of halogens is 1. The van der Waals surface area contributed by atoms with Crippen LogP contribution in [0.2, 0.25) is 0 Å². The molecule has 0 aliphatic carbocycles. The molecule has 1 rings (SSSR count). The number of methoxy groups -OCH3 is 1. The number of alkyl halides is 1. The number of ether oxygens (including phenoxy) is 1. The molecule has 0 amide bonds. The molecule has 0 aliphatic rings. The van der Waals surface area contributed by atoms with Gasteiger partial charge in [-0.05, 0) is 17.7 Å². The van der Waals surface area contributed by atoms with Crippen molar-refractivity contribution in [2.45, 2.75) is 12.2 Å². The Hall–Kier alpha value is -1.11. The van der Waals surface area contributed by atoms with Gasteiger partial charge in [-0.1, -0.05) is 15.9 Å². The molecule has 0 heterocycles. The number of aliphatic hydroxyl groups excluding tert-OH is 2. The lowest BCUT2D eigenvalue weighted by Gasteiger charge is -2.17. The molecule has 0 bridgehead atoms. The van der Waals surface area contributed by atoms with Gasteiger partial charge in [0.1, 0.15) is 6.10 Å². The highest BCUT2D eigenvalue weighted by molar-refractivity contribution is 9.09. The molecule has 1 aromatic carbocycles. The van der Waals surface area contributed by atoms with E-state index < -0.39 is 12.2 Å². The Labute approximate surface area is 107 Å². The van der Waals surface area contributed by atoms with Crippen LogP contribution in [0.25, 0.3) is 0 Å². The molecular weight excluding hydrogens is 292 g/mol. The molecule has 6 heteroatoms. The zero-order chi connectivity index (χ0) is 13.0. The number of carbonyl (C=O) groups excluding carboxylic acids is 1. The molecule has 0 spiro atoms. The number of carbonyl (C=O) groups is 1. The molecule has 17 heavy (non-hydrogen) atoms. The van der Waals surface area contributed by atoms with Gasteiger partial charge in [-0.2, -0.15) is 0 Å². The van der Waals surface area contributed by atoms with Gasteiger partial charge in [-0.25, -0.2) is 0 Å². The first-order chi connectivity index (χ1) is 8.04. The molecule has 0 aliphatic heterocycles. The van der Waals surface area contributed by atoms with Crippen LogP contribution in [-0.4, -0.2) is 40.1 Å². The van der Waals surface area contributed by atoms with Crippen molar-refractivity contribution in [2.24, 2.45) is 0 Å². The maximum atomic E-state index is 10.7. The van der Waals surface area contributed by atoms with Gasteiger partial charge in [0.05, 0.1) is 18.8 Å². The fourth-order valence-electron chi connectivity index (χ4n) is 1.37. The SMILES string of the molecule is COc1cc(C(O)C(O)CBr)cc(C=O)c1O. The molecule has 0 radical (unpaired) electrons. The molecule has 3 N–H and O–H groups in total. The zero-order valence-electron chi connectivity index (χ0n) is 9.13. The van der Waals surface area contributed by atoms with Gasteiger partial charge in [-0.15, -0.1) is 0 Å². The average Bonchev–Trinajstić information content (AvgIpc) is 2.37. The standard InChI is InChI=1S/C11H13BrO5/c1-17-9-3-6(10(15)8(14)4-12)2-7(5-13)11(9)16/h2-3,5,8,10,14-16H,4H2,1H3. The highest BCUT2D eigenvalue weighted by atomic mass is 79.9. The Bertz CT molecular complexity index is 407. The van der Waals surface area contributed by atoms with E-state index in [9.17, 15) is 20.1 Å². The molecule has 2 atom stereocenters. The second-order valence-electron chi connectivity index (χ2n) is 3.45. The summed E-state index contributed by atoms with van der Waals surface area (Å²) in [5.74, 6) is -0.211. The van der Waals surface area contributed by atoms with Gasteiger partial charge in [0.25, 0.3) is 0 Å². The normalized spacial score (nSPS) is 14.1. The molecule has 5 nitrogen and oxygen atoms in total. The molecule has 94 valence electrons. The summed E-state index contributed by atoms with van der Waals surface area (Å²) >= 11 is 3.04. The van der Waals surface area contributed by atoms with Crippen molar-refractivity contribution in [3.63, 3.8) is 0 Å². The largest absolute Gasteiger partial charge is 0.504 e. The predicted molar refractivity (Wildman–Crippen MR) is 64.8 cm³/mol. The molecule has 0 saturated carbocycles. The third kappa shape index (κ3) is 2.96. The molecular formula is C11H13BrO5. The Balaban J connectivity index is 3.21. The predicted octanol–water partition coefficient (Wildman–Crippen LogP) is 1.00. The summed E-state index contributed by atoms with van der Waals surface area (Å²) in [6, 6.07) is 2.68. The second kappa shape index (κ2) is 6.00. The molecule has 0 aromatic heterocycles. The Kier molecular flexibility index (Phi) is 4.92. The van der Waals surface area contributed by atoms with E-state index in [1.54, 1.807) is 0 Å². The lowest BCUT2D eigenvalue weighted by molar-refractivity contribution is 0.0341. The van der Waals surface area contributed by atoms with Gasteiger partial charge >= 0.3 is 0 Å². The van der Waals surface area contributed by atoms with Crippen LogP contribution in [0, 0.1) is 0 Å². The van der Waals surface area contributed by atoms with Gasteiger partial charge in [0.15, 0.2) is 17.8 Å². The van der Waals surface area contributed by atoms with Crippen LogP contribution < -0.4 is 4.74 Å². The maximum Gasteiger partial charge on any atom is 0.168 e. The quantitative estimate of drug-likeness (QED) is 0.558. The summed E-state index contributed by atoms with van der Waals surface area (Å²) in [5, 5.41) is 29.0. The van der Waals surface area contributed by atoms with Crippen molar-refractivity contribution in [1.29, 1.82) is 0 Å². The van der Waals surface area contributed by atoms with Crippen LogP contribution in [0.15, 0.2) is 12.1 Å². The third-order valence-corrected chi connectivity index (χ3v) is 3.00. The van der Waals surface area contributed by atoms with Crippen molar-refractivity contribution in [2.75, 3.05) is 12.4 Å². The number of hydrogen-bond acceptors (Lipinski definition) is 5. The van der Waals surface area contributed by atoms with E-state index in [2.05, 4.69) is 15.9 Å². The minimum absolute atomic E-state index is 0.000160. The van der Waals surface area contributed by atoms with E-state index in [4.69, 9.17) is 4.74 Å². The van der Waals surface area contributed by atoms with Crippen LogP contribution in [0.5, 0.6) is 11.5 Å². The fraction of sp³-hybridized carbons (Fsp3) is 0.364. The van der Waals surface area contributed by atoms with Crippen LogP contribution in [0.4, 0.5) is 0 Å². The second-order valence-corrected chi connectivity index (χ2v) is 4.09. The van der Waals surface area contributed by atoms with E-state index in [0.29, 0.717) is 11.8 Å². The number of rotatable bonds is 5. The average molecular weight is 305 g/mol.